The van der Waals surface area contributed by atoms with Gasteiger partial charge in [0.25, 0.3) is 5.91 Å². The fourth-order valence-electron chi connectivity index (χ4n) is 3.89. The first-order valence-electron chi connectivity index (χ1n) is 9.63. The molecule has 0 atom stereocenters. The Hall–Kier alpha value is -3.45. The fourth-order valence-corrected chi connectivity index (χ4v) is 5.17. The highest BCUT2D eigenvalue weighted by Crippen LogP contribution is 2.40. The normalized spacial score (nSPS) is 12.7. The number of aryl methyl sites for hydroxylation is 1. The molecule has 0 bridgehead atoms. The van der Waals surface area contributed by atoms with Crippen molar-refractivity contribution in [3.63, 3.8) is 0 Å². The number of aromatic nitrogens is 1. The molecule has 0 radical (unpaired) electrons. The van der Waals surface area contributed by atoms with Crippen LogP contribution in [0.4, 0.5) is 5.00 Å². The number of rotatable bonds is 4. The molecule has 0 spiro atoms. The van der Waals surface area contributed by atoms with Gasteiger partial charge < -0.3 is 14.5 Å². The Bertz CT molecular complexity index is 1270. The average molecular weight is 418 g/mol. The Morgan fingerprint density at radius 3 is 2.83 bits per heavy atom. The van der Waals surface area contributed by atoms with Gasteiger partial charge in [0.15, 0.2) is 5.76 Å². The first kappa shape index (κ1) is 18.6. The van der Waals surface area contributed by atoms with E-state index >= 15 is 0 Å². The largest absolute Gasteiger partial charge is 0.465 e. The van der Waals surface area contributed by atoms with Gasteiger partial charge in [0.1, 0.15) is 10.7 Å². The van der Waals surface area contributed by atoms with E-state index in [0.717, 1.165) is 35.1 Å². The van der Waals surface area contributed by atoms with E-state index < -0.39 is 5.97 Å². The van der Waals surface area contributed by atoms with Crippen molar-refractivity contribution in [2.45, 2.75) is 19.3 Å². The summed E-state index contributed by atoms with van der Waals surface area (Å²) in [5, 5.41) is 4.23. The van der Waals surface area contributed by atoms with Gasteiger partial charge >= 0.3 is 5.97 Å². The summed E-state index contributed by atoms with van der Waals surface area (Å²) in [5.41, 5.74) is 3.21. The number of furan rings is 1. The number of nitrogens with one attached hydrogen (secondary N) is 1. The van der Waals surface area contributed by atoms with Crippen molar-refractivity contribution in [3.8, 4) is 11.5 Å². The van der Waals surface area contributed by atoms with Crippen molar-refractivity contribution in [3.05, 3.63) is 70.3 Å². The lowest BCUT2D eigenvalue weighted by atomic mass is 10.1. The Morgan fingerprint density at radius 2 is 2.03 bits per heavy atom. The molecule has 3 heterocycles. The Balaban J connectivity index is 1.59. The first-order chi connectivity index (χ1) is 14.7. The topological polar surface area (TPSA) is 81.4 Å². The van der Waals surface area contributed by atoms with E-state index in [4.69, 9.17) is 9.15 Å². The van der Waals surface area contributed by atoms with Crippen LogP contribution in [0, 0.1) is 0 Å². The van der Waals surface area contributed by atoms with E-state index in [0.29, 0.717) is 33.1 Å². The minimum atomic E-state index is -0.416. The van der Waals surface area contributed by atoms with Crippen molar-refractivity contribution in [1.82, 2.24) is 4.98 Å². The van der Waals surface area contributed by atoms with Gasteiger partial charge in [-0.15, -0.1) is 11.3 Å². The van der Waals surface area contributed by atoms with Gasteiger partial charge in [-0.05, 0) is 49.1 Å². The van der Waals surface area contributed by atoms with Crippen molar-refractivity contribution in [2.24, 2.45) is 0 Å². The number of thiophene rings is 1. The Kier molecular flexibility index (Phi) is 4.59. The van der Waals surface area contributed by atoms with Crippen LogP contribution in [-0.4, -0.2) is 24.0 Å². The minimum Gasteiger partial charge on any atom is -0.465 e. The van der Waals surface area contributed by atoms with Crippen LogP contribution in [0.3, 0.4) is 0 Å². The number of methoxy groups -OCH3 is 1. The number of ether oxygens (including phenoxy) is 1. The monoisotopic (exact) mass is 418 g/mol. The summed E-state index contributed by atoms with van der Waals surface area (Å²) in [5.74, 6) is -0.132. The van der Waals surface area contributed by atoms with Crippen LogP contribution >= 0.6 is 11.3 Å². The second-order valence-corrected chi connectivity index (χ2v) is 8.16. The third kappa shape index (κ3) is 3.07. The molecule has 4 aromatic rings. The quantitative estimate of drug-likeness (QED) is 0.467. The third-order valence-electron chi connectivity index (χ3n) is 5.27. The average Bonchev–Trinajstić information content (AvgIpc) is 3.50. The molecule has 0 unspecified atom stereocenters. The molecule has 1 aliphatic carbocycles. The van der Waals surface area contributed by atoms with Crippen LogP contribution in [0.5, 0.6) is 0 Å². The second-order valence-electron chi connectivity index (χ2n) is 7.06. The van der Waals surface area contributed by atoms with Crippen molar-refractivity contribution >= 4 is 39.1 Å². The first-order valence-corrected chi connectivity index (χ1v) is 10.4. The highest BCUT2D eigenvalue weighted by molar-refractivity contribution is 7.17. The molecule has 6 nitrogen and oxygen atoms in total. The zero-order valence-corrected chi connectivity index (χ0v) is 17.0. The van der Waals surface area contributed by atoms with Gasteiger partial charge in [-0.3, -0.25) is 4.79 Å². The summed E-state index contributed by atoms with van der Waals surface area (Å²) < 4.78 is 10.5. The lowest BCUT2D eigenvalue weighted by molar-refractivity contribution is 0.0601. The summed E-state index contributed by atoms with van der Waals surface area (Å²) in [7, 11) is 1.36. The number of carbonyl (C=O) groups excluding carboxylic acids is 2. The van der Waals surface area contributed by atoms with Crippen LogP contribution in [0.1, 0.15) is 37.6 Å². The fraction of sp³-hybridized carbons (Fsp3) is 0.174. The molecule has 1 N–H and O–H groups in total. The van der Waals surface area contributed by atoms with Gasteiger partial charge in [0.05, 0.1) is 30.0 Å². The number of benzene rings is 1. The van der Waals surface area contributed by atoms with Crippen molar-refractivity contribution < 1.29 is 18.7 Å². The molecule has 150 valence electrons. The number of anilines is 1. The number of amides is 1. The minimum absolute atomic E-state index is 0.300. The summed E-state index contributed by atoms with van der Waals surface area (Å²) in [4.78, 5) is 31.5. The third-order valence-corrected chi connectivity index (χ3v) is 6.48. The molecule has 1 amide bonds. The van der Waals surface area contributed by atoms with E-state index in [9.17, 15) is 9.59 Å². The van der Waals surface area contributed by atoms with E-state index in [1.807, 2.05) is 24.3 Å². The lowest BCUT2D eigenvalue weighted by Gasteiger charge is -2.10. The van der Waals surface area contributed by atoms with Gasteiger partial charge in [0, 0.05) is 10.3 Å². The molecule has 1 aliphatic rings. The molecule has 0 fully saturated rings. The predicted octanol–water partition coefficient (Wildman–Crippen LogP) is 5.08. The number of carbonyl (C=O) groups is 2. The van der Waals surface area contributed by atoms with E-state index in [1.54, 1.807) is 24.5 Å². The Labute approximate surface area is 176 Å². The van der Waals surface area contributed by atoms with E-state index in [2.05, 4.69) is 10.3 Å². The maximum Gasteiger partial charge on any atom is 0.341 e. The van der Waals surface area contributed by atoms with Crippen LogP contribution < -0.4 is 5.32 Å². The lowest BCUT2D eigenvalue weighted by Crippen LogP contribution is -2.15. The molecule has 7 heteroatoms. The number of para-hydroxylation sites is 1. The second kappa shape index (κ2) is 7.42. The zero-order chi connectivity index (χ0) is 20.7. The molecule has 0 saturated heterocycles. The highest BCUT2D eigenvalue weighted by Gasteiger charge is 2.28. The number of pyridine rings is 1. The summed E-state index contributed by atoms with van der Waals surface area (Å²) in [6.07, 6.45) is 4.33. The number of nitrogens with zero attached hydrogens (tertiary/aromatic N) is 1. The predicted molar refractivity (Wildman–Crippen MR) is 115 cm³/mol. The molecule has 3 aromatic heterocycles. The maximum absolute atomic E-state index is 13.3. The van der Waals surface area contributed by atoms with Gasteiger partial charge in [-0.2, -0.15) is 0 Å². The van der Waals surface area contributed by atoms with Crippen LogP contribution in [0.2, 0.25) is 0 Å². The van der Waals surface area contributed by atoms with E-state index in [1.165, 1.54) is 18.4 Å². The Morgan fingerprint density at radius 1 is 1.17 bits per heavy atom. The highest BCUT2D eigenvalue weighted by atomic mass is 32.1. The van der Waals surface area contributed by atoms with Crippen LogP contribution in [-0.2, 0) is 17.6 Å². The number of hydrogen-bond acceptors (Lipinski definition) is 6. The van der Waals surface area contributed by atoms with Gasteiger partial charge in [-0.1, -0.05) is 18.2 Å². The SMILES string of the molecule is COC(=O)c1c(NC(=O)c2cc(-c3ccco3)nc3ccccc23)sc2c1CCC2. The molecule has 0 aliphatic heterocycles. The molecule has 5 rings (SSSR count). The summed E-state index contributed by atoms with van der Waals surface area (Å²) >= 11 is 1.46. The molecule has 30 heavy (non-hydrogen) atoms. The van der Waals surface area contributed by atoms with Crippen molar-refractivity contribution in [2.75, 3.05) is 12.4 Å². The van der Waals surface area contributed by atoms with Gasteiger partial charge in [0.2, 0.25) is 0 Å². The van der Waals surface area contributed by atoms with E-state index in [-0.39, 0.29) is 5.91 Å². The van der Waals surface area contributed by atoms with Crippen LogP contribution in [0.15, 0.2) is 53.1 Å². The number of hydrogen-bond donors (Lipinski definition) is 1. The smallest absolute Gasteiger partial charge is 0.341 e. The molecular formula is C23H18N2O4S. The molecular weight excluding hydrogens is 400 g/mol. The summed E-state index contributed by atoms with van der Waals surface area (Å²) in [6.45, 7) is 0. The van der Waals surface area contributed by atoms with Crippen molar-refractivity contribution in [1.29, 1.82) is 0 Å². The number of fused-ring (bicyclic) bond motifs is 2. The summed E-state index contributed by atoms with van der Waals surface area (Å²) in [6, 6.07) is 12.8. The standard InChI is InChI=1S/C23H18N2O4S/c1-28-23(27)20-14-7-4-10-19(14)30-22(20)25-21(26)15-12-17(18-9-5-11-29-18)24-16-8-3-2-6-13(15)16/h2-3,5-6,8-9,11-12H,4,7,10H2,1H3,(H,25,26). The molecule has 1 aromatic carbocycles. The zero-order valence-electron chi connectivity index (χ0n) is 16.2. The number of esters is 1. The van der Waals surface area contributed by atoms with Crippen LogP contribution in [0.25, 0.3) is 22.4 Å². The molecule has 0 saturated carbocycles. The van der Waals surface area contributed by atoms with Gasteiger partial charge in [-0.25, -0.2) is 9.78 Å². The maximum atomic E-state index is 13.3.